The maximum atomic E-state index is 12.0. The quantitative estimate of drug-likeness (QED) is 0.762. The van der Waals surface area contributed by atoms with Gasteiger partial charge >= 0.3 is 5.97 Å². The molecule has 0 bridgehead atoms. The topological polar surface area (TPSA) is 78.9 Å². The van der Waals surface area contributed by atoms with E-state index in [0.717, 1.165) is 44.5 Å². The number of carboxylic acids is 1. The molecular weight excluding hydrogens is 284 g/mol. The monoisotopic (exact) mass is 304 g/mol. The molecule has 118 valence electrons. The Kier molecular flexibility index (Phi) is 6.12. The number of benzene rings is 1. The zero-order chi connectivity index (χ0) is 15.8. The van der Waals surface area contributed by atoms with Crippen molar-refractivity contribution >= 4 is 18.0 Å². The first-order valence-electron chi connectivity index (χ1n) is 7.24. The van der Waals surface area contributed by atoms with Crippen LogP contribution in [0, 0.1) is 0 Å². The Labute approximate surface area is 129 Å². The number of carboxylic acid groups (broad SMARTS) is 1. The van der Waals surface area contributed by atoms with Crippen LogP contribution in [0.5, 0.6) is 0 Å². The number of carbonyl (C=O) groups is 2. The molecule has 22 heavy (non-hydrogen) atoms. The molecule has 0 saturated carbocycles. The third-order valence-electron chi connectivity index (χ3n) is 3.41. The third-order valence-corrected chi connectivity index (χ3v) is 3.41. The maximum absolute atomic E-state index is 12.0. The minimum atomic E-state index is -0.995. The van der Waals surface area contributed by atoms with E-state index in [9.17, 15) is 9.59 Å². The SMILES string of the molecule is O=C(O)C=Cc1ccc(C(=O)NCCN2CCOCC2)cc1. The Hall–Kier alpha value is -2.18. The smallest absolute Gasteiger partial charge is 0.328 e. The molecule has 1 saturated heterocycles. The minimum Gasteiger partial charge on any atom is -0.478 e. The summed E-state index contributed by atoms with van der Waals surface area (Å²) in [7, 11) is 0. The Bertz CT molecular complexity index is 534. The van der Waals surface area contributed by atoms with Crippen molar-refractivity contribution in [1.82, 2.24) is 10.2 Å². The van der Waals surface area contributed by atoms with Crippen LogP contribution < -0.4 is 5.32 Å². The maximum Gasteiger partial charge on any atom is 0.328 e. The number of rotatable bonds is 6. The molecule has 0 aliphatic carbocycles. The zero-order valence-corrected chi connectivity index (χ0v) is 12.3. The molecule has 0 spiro atoms. The van der Waals surface area contributed by atoms with Gasteiger partial charge in [0, 0.05) is 37.8 Å². The van der Waals surface area contributed by atoms with Crippen LogP contribution in [0.25, 0.3) is 6.08 Å². The van der Waals surface area contributed by atoms with Crippen LogP contribution in [-0.4, -0.2) is 61.3 Å². The molecule has 0 aromatic heterocycles. The number of hydrogen-bond donors (Lipinski definition) is 2. The normalized spacial score (nSPS) is 15.8. The average Bonchev–Trinajstić information content (AvgIpc) is 2.54. The molecule has 1 aliphatic rings. The predicted octanol–water partition coefficient (Wildman–Crippen LogP) is 0.846. The Balaban J connectivity index is 1.78. The van der Waals surface area contributed by atoms with E-state index in [1.54, 1.807) is 24.3 Å². The van der Waals surface area contributed by atoms with Crippen LogP contribution in [0.1, 0.15) is 15.9 Å². The molecule has 1 heterocycles. The van der Waals surface area contributed by atoms with Gasteiger partial charge in [-0.25, -0.2) is 4.79 Å². The van der Waals surface area contributed by atoms with Gasteiger partial charge in [0.05, 0.1) is 13.2 Å². The molecule has 1 fully saturated rings. The van der Waals surface area contributed by atoms with Gasteiger partial charge in [0.15, 0.2) is 0 Å². The van der Waals surface area contributed by atoms with E-state index >= 15 is 0 Å². The van der Waals surface area contributed by atoms with Crippen molar-refractivity contribution in [2.75, 3.05) is 39.4 Å². The highest BCUT2D eigenvalue weighted by Crippen LogP contribution is 2.06. The highest BCUT2D eigenvalue weighted by molar-refractivity contribution is 5.94. The average molecular weight is 304 g/mol. The van der Waals surface area contributed by atoms with E-state index in [1.807, 2.05) is 0 Å². The van der Waals surface area contributed by atoms with E-state index in [2.05, 4.69) is 10.2 Å². The molecule has 6 heteroatoms. The molecule has 0 radical (unpaired) electrons. The summed E-state index contributed by atoms with van der Waals surface area (Å²) in [6, 6.07) is 6.81. The van der Waals surface area contributed by atoms with Gasteiger partial charge in [-0.05, 0) is 23.8 Å². The Morgan fingerprint density at radius 1 is 1.23 bits per heavy atom. The number of hydrogen-bond acceptors (Lipinski definition) is 4. The zero-order valence-electron chi connectivity index (χ0n) is 12.3. The molecule has 1 amide bonds. The number of nitrogens with one attached hydrogen (secondary N) is 1. The second-order valence-corrected chi connectivity index (χ2v) is 5.00. The van der Waals surface area contributed by atoms with Crippen molar-refractivity contribution < 1.29 is 19.4 Å². The highest BCUT2D eigenvalue weighted by Gasteiger charge is 2.10. The molecule has 2 N–H and O–H groups in total. The van der Waals surface area contributed by atoms with Gasteiger partial charge in [-0.2, -0.15) is 0 Å². The number of carbonyl (C=O) groups excluding carboxylic acids is 1. The van der Waals surface area contributed by atoms with Crippen LogP contribution in [-0.2, 0) is 9.53 Å². The van der Waals surface area contributed by atoms with E-state index < -0.39 is 5.97 Å². The summed E-state index contributed by atoms with van der Waals surface area (Å²) in [5.74, 6) is -1.12. The van der Waals surface area contributed by atoms with Crippen molar-refractivity contribution in [2.24, 2.45) is 0 Å². The molecule has 1 aromatic carbocycles. The number of aliphatic carboxylic acids is 1. The van der Waals surface area contributed by atoms with Crippen LogP contribution in [0.4, 0.5) is 0 Å². The van der Waals surface area contributed by atoms with Crippen molar-refractivity contribution in [3.05, 3.63) is 41.5 Å². The van der Waals surface area contributed by atoms with Gasteiger partial charge in [-0.1, -0.05) is 12.1 Å². The molecule has 1 aromatic rings. The lowest BCUT2D eigenvalue weighted by atomic mass is 10.1. The third kappa shape index (κ3) is 5.31. The second kappa shape index (κ2) is 8.31. The molecule has 6 nitrogen and oxygen atoms in total. The summed E-state index contributed by atoms with van der Waals surface area (Å²) in [5.41, 5.74) is 1.31. The fraction of sp³-hybridized carbons (Fsp3) is 0.375. The summed E-state index contributed by atoms with van der Waals surface area (Å²) < 4.78 is 5.27. The second-order valence-electron chi connectivity index (χ2n) is 5.00. The number of ether oxygens (including phenoxy) is 1. The van der Waals surface area contributed by atoms with Crippen molar-refractivity contribution in [3.8, 4) is 0 Å². The molecule has 1 aliphatic heterocycles. The van der Waals surface area contributed by atoms with Crippen molar-refractivity contribution in [1.29, 1.82) is 0 Å². The van der Waals surface area contributed by atoms with Gasteiger partial charge < -0.3 is 15.2 Å². The molecule has 0 unspecified atom stereocenters. The summed E-state index contributed by atoms with van der Waals surface area (Å²) in [6.45, 7) is 4.72. The summed E-state index contributed by atoms with van der Waals surface area (Å²) in [5, 5.41) is 11.4. The van der Waals surface area contributed by atoms with Gasteiger partial charge in [0.1, 0.15) is 0 Å². The standard InChI is InChI=1S/C16H20N2O4/c19-15(20)6-3-13-1-4-14(5-2-13)16(21)17-7-8-18-9-11-22-12-10-18/h1-6H,7-12H2,(H,17,21)(H,19,20). The summed E-state index contributed by atoms with van der Waals surface area (Å²) in [4.78, 5) is 24.7. The predicted molar refractivity (Wildman–Crippen MR) is 82.7 cm³/mol. The van der Waals surface area contributed by atoms with Gasteiger partial charge in [0.2, 0.25) is 0 Å². The fourth-order valence-electron chi connectivity index (χ4n) is 2.17. The number of nitrogens with zero attached hydrogens (tertiary/aromatic N) is 1. The van der Waals surface area contributed by atoms with Crippen LogP contribution in [0.2, 0.25) is 0 Å². The Morgan fingerprint density at radius 3 is 2.55 bits per heavy atom. The highest BCUT2D eigenvalue weighted by atomic mass is 16.5. The molecule has 0 atom stereocenters. The lowest BCUT2D eigenvalue weighted by molar-refractivity contribution is -0.131. The summed E-state index contributed by atoms with van der Waals surface area (Å²) >= 11 is 0. The van der Waals surface area contributed by atoms with Crippen LogP contribution >= 0.6 is 0 Å². The minimum absolute atomic E-state index is 0.123. The van der Waals surface area contributed by atoms with Crippen molar-refractivity contribution in [3.63, 3.8) is 0 Å². The van der Waals surface area contributed by atoms with Gasteiger partial charge in [-0.15, -0.1) is 0 Å². The lowest BCUT2D eigenvalue weighted by Crippen LogP contribution is -2.41. The van der Waals surface area contributed by atoms with Crippen LogP contribution in [0.15, 0.2) is 30.3 Å². The largest absolute Gasteiger partial charge is 0.478 e. The van der Waals surface area contributed by atoms with E-state index in [-0.39, 0.29) is 5.91 Å². The number of amides is 1. The van der Waals surface area contributed by atoms with E-state index in [4.69, 9.17) is 9.84 Å². The van der Waals surface area contributed by atoms with Gasteiger partial charge in [-0.3, -0.25) is 9.69 Å². The van der Waals surface area contributed by atoms with Crippen LogP contribution in [0.3, 0.4) is 0 Å². The number of morpholine rings is 1. The fourth-order valence-corrected chi connectivity index (χ4v) is 2.17. The first kappa shape index (κ1) is 16.2. The Morgan fingerprint density at radius 2 is 1.91 bits per heavy atom. The van der Waals surface area contributed by atoms with E-state index in [1.165, 1.54) is 6.08 Å². The van der Waals surface area contributed by atoms with Crippen molar-refractivity contribution in [2.45, 2.75) is 0 Å². The summed E-state index contributed by atoms with van der Waals surface area (Å²) in [6.07, 6.45) is 2.56. The molecule has 2 rings (SSSR count). The first-order valence-corrected chi connectivity index (χ1v) is 7.24. The van der Waals surface area contributed by atoms with Gasteiger partial charge in [0.25, 0.3) is 5.91 Å². The first-order chi connectivity index (χ1) is 10.6. The lowest BCUT2D eigenvalue weighted by Gasteiger charge is -2.26. The molecular formula is C16H20N2O4. The van der Waals surface area contributed by atoms with E-state index in [0.29, 0.717) is 12.1 Å².